The predicted octanol–water partition coefficient (Wildman–Crippen LogP) is 8.59. The molecule has 1 heterocycles. The number of hydrogen-bond donors (Lipinski definition) is 0. The van der Waals surface area contributed by atoms with Crippen LogP contribution in [0, 0.1) is 60.2 Å². The maximum Gasteiger partial charge on any atom is 0.330 e. The van der Waals surface area contributed by atoms with Gasteiger partial charge in [-0.2, -0.15) is 10.5 Å². The largest absolute Gasteiger partial charge is 0.462 e. The molecule has 0 bridgehead atoms. The summed E-state index contributed by atoms with van der Waals surface area (Å²) >= 11 is 2.08. The molecule has 442 valence electrons. The fraction of sp³-hybridized carbons (Fsp3) is 0.400. The number of aryl methyl sites for hydroxylation is 2. The van der Waals surface area contributed by atoms with Crippen LogP contribution in [0.25, 0.3) is 0 Å². The SMILES string of the molecule is C=CC(=O)OCCOC(=O)CCC(=O)OCc1ccc(OC(=O)C2CCC(C(=O)Oc3ccc(OC(=O)C4CCC(C(=O)Oc5ccc(COC(=O)CCC(=O)OCCOC(=O)C=C)cc5C)CC4)c4c3SC(=C(C#N)C#N)S4)CC2)c(C)c1. The van der Waals surface area contributed by atoms with Gasteiger partial charge in [0.05, 0.1) is 63.4 Å². The topological polar surface area (TPSA) is 311 Å². The number of benzene rings is 3. The van der Waals surface area contributed by atoms with E-state index < -0.39 is 83.4 Å². The number of ether oxygens (including phenoxy) is 10. The van der Waals surface area contributed by atoms with Crippen molar-refractivity contribution in [1.29, 1.82) is 10.5 Å². The van der Waals surface area contributed by atoms with Crippen molar-refractivity contribution < 1.29 is 95.3 Å². The number of carbonyl (C=O) groups is 10. The van der Waals surface area contributed by atoms with Crippen LogP contribution in [-0.4, -0.2) is 86.1 Å². The number of thioether (sulfide) groups is 2. The van der Waals surface area contributed by atoms with E-state index in [2.05, 4.69) is 13.2 Å². The third-order valence-corrected chi connectivity index (χ3v) is 16.0. The quantitative estimate of drug-likeness (QED) is 0.0181. The van der Waals surface area contributed by atoms with Crippen LogP contribution < -0.4 is 18.9 Å². The van der Waals surface area contributed by atoms with Crippen molar-refractivity contribution in [1.82, 2.24) is 0 Å². The fourth-order valence-corrected chi connectivity index (χ4v) is 11.3. The van der Waals surface area contributed by atoms with E-state index >= 15 is 0 Å². The Morgan fingerprint density at radius 2 is 0.762 bits per heavy atom. The van der Waals surface area contributed by atoms with E-state index in [0.29, 0.717) is 99.1 Å². The molecule has 0 spiro atoms. The summed E-state index contributed by atoms with van der Waals surface area (Å²) in [4.78, 5) is 125. The first kappa shape index (κ1) is 64.4. The third kappa shape index (κ3) is 19.4. The summed E-state index contributed by atoms with van der Waals surface area (Å²) in [6, 6.07) is 16.6. The first-order valence-corrected chi connectivity index (χ1v) is 28.4. The number of rotatable bonds is 26. The van der Waals surface area contributed by atoms with Gasteiger partial charge in [0.15, 0.2) is 0 Å². The van der Waals surface area contributed by atoms with Gasteiger partial charge in [-0.1, -0.05) is 48.8 Å². The smallest absolute Gasteiger partial charge is 0.330 e. The monoisotopic (exact) mass is 1190 g/mol. The highest BCUT2D eigenvalue weighted by Gasteiger charge is 2.37. The van der Waals surface area contributed by atoms with Gasteiger partial charge in [-0.3, -0.25) is 38.4 Å². The van der Waals surface area contributed by atoms with Crippen molar-refractivity contribution in [2.24, 2.45) is 23.7 Å². The highest BCUT2D eigenvalue weighted by atomic mass is 32.2. The van der Waals surface area contributed by atoms with E-state index in [1.807, 2.05) is 12.1 Å². The van der Waals surface area contributed by atoms with Crippen molar-refractivity contribution in [2.45, 2.75) is 114 Å². The molecule has 3 aromatic carbocycles. The van der Waals surface area contributed by atoms with E-state index in [9.17, 15) is 58.5 Å². The number of esters is 10. The molecule has 0 N–H and O–H groups in total. The van der Waals surface area contributed by atoms with Gasteiger partial charge in [0.1, 0.15) is 80.4 Å². The molecule has 0 amide bonds. The van der Waals surface area contributed by atoms with Crippen LogP contribution in [0.5, 0.6) is 23.0 Å². The van der Waals surface area contributed by atoms with Gasteiger partial charge in [-0.05, 0) is 124 Å². The molecule has 2 saturated carbocycles. The lowest BCUT2D eigenvalue weighted by atomic mass is 9.82. The number of fused-ring (bicyclic) bond motifs is 1. The number of nitriles is 2. The minimum atomic E-state index is -0.659. The van der Waals surface area contributed by atoms with Gasteiger partial charge in [0.2, 0.25) is 0 Å². The van der Waals surface area contributed by atoms with E-state index in [1.165, 1.54) is 12.1 Å². The van der Waals surface area contributed by atoms with Crippen molar-refractivity contribution in [2.75, 3.05) is 26.4 Å². The van der Waals surface area contributed by atoms with Crippen LogP contribution in [0.15, 0.2) is 93.4 Å². The molecule has 2 aliphatic carbocycles. The molecular weight excluding hydrogens is 1130 g/mol. The van der Waals surface area contributed by atoms with Crippen LogP contribution in [0.4, 0.5) is 0 Å². The highest BCUT2D eigenvalue weighted by molar-refractivity contribution is 8.24. The van der Waals surface area contributed by atoms with E-state index in [1.54, 1.807) is 50.2 Å². The van der Waals surface area contributed by atoms with Crippen LogP contribution >= 0.6 is 23.5 Å². The molecule has 1 aliphatic heterocycles. The van der Waals surface area contributed by atoms with E-state index in [-0.39, 0.29) is 82.4 Å². The lowest BCUT2D eigenvalue weighted by molar-refractivity contribution is -0.153. The first-order valence-electron chi connectivity index (χ1n) is 26.7. The molecule has 3 aromatic rings. The average Bonchev–Trinajstić information content (AvgIpc) is 4.14. The van der Waals surface area contributed by atoms with Crippen molar-refractivity contribution in [3.63, 3.8) is 0 Å². The van der Waals surface area contributed by atoms with Crippen molar-refractivity contribution >= 4 is 83.2 Å². The van der Waals surface area contributed by atoms with Gasteiger partial charge in [0, 0.05) is 12.2 Å². The van der Waals surface area contributed by atoms with Crippen LogP contribution in [0.3, 0.4) is 0 Å². The Kier molecular flexibility index (Phi) is 24.7. The Bertz CT molecular complexity index is 2950. The zero-order chi connectivity index (χ0) is 60.7. The lowest BCUT2D eigenvalue weighted by Gasteiger charge is -2.26. The molecule has 0 saturated heterocycles. The van der Waals surface area contributed by atoms with Gasteiger partial charge in [0.25, 0.3) is 0 Å². The van der Waals surface area contributed by atoms with Crippen LogP contribution in [0.1, 0.15) is 99.3 Å². The van der Waals surface area contributed by atoms with Crippen molar-refractivity contribution in [3.05, 3.63) is 106 Å². The summed E-state index contributed by atoms with van der Waals surface area (Å²) in [5, 5.41) is 19.4. The van der Waals surface area contributed by atoms with Gasteiger partial charge in [-0.25, -0.2) is 9.59 Å². The second kappa shape index (κ2) is 32.2. The Balaban J connectivity index is 0.935. The molecule has 3 aliphatic rings. The number of hydrogen-bond acceptors (Lipinski definition) is 24. The normalized spacial score (nSPS) is 16.7. The maximum atomic E-state index is 13.7. The molecule has 0 atom stereocenters. The summed E-state index contributed by atoms with van der Waals surface area (Å²) in [5.41, 5.74) is 2.28. The molecule has 84 heavy (non-hydrogen) atoms. The zero-order valence-electron chi connectivity index (χ0n) is 46.1. The molecule has 22 nitrogen and oxygen atoms in total. The summed E-state index contributed by atoms with van der Waals surface area (Å²) in [7, 11) is 0. The Morgan fingerprint density at radius 1 is 0.464 bits per heavy atom. The average molecular weight is 1190 g/mol. The van der Waals surface area contributed by atoms with Crippen molar-refractivity contribution in [3.8, 4) is 35.1 Å². The minimum absolute atomic E-state index is 0.0923. The lowest BCUT2D eigenvalue weighted by Crippen LogP contribution is -2.30. The zero-order valence-corrected chi connectivity index (χ0v) is 47.7. The molecule has 2 fully saturated rings. The Morgan fingerprint density at radius 3 is 1.07 bits per heavy atom. The van der Waals surface area contributed by atoms with Gasteiger partial charge in [-0.15, -0.1) is 0 Å². The molecule has 6 rings (SSSR count). The van der Waals surface area contributed by atoms with E-state index in [0.717, 1.165) is 35.7 Å². The Hall–Kier alpha value is -8.74. The number of allylic oxidation sites excluding steroid dienone is 1. The minimum Gasteiger partial charge on any atom is -0.462 e. The molecular formula is C60H60N2O20S2. The summed E-state index contributed by atoms with van der Waals surface area (Å²) in [6.07, 6.45) is 3.70. The summed E-state index contributed by atoms with van der Waals surface area (Å²) in [5.74, 6) is -7.15. The highest BCUT2D eigenvalue weighted by Crippen LogP contribution is 2.59. The summed E-state index contributed by atoms with van der Waals surface area (Å²) in [6.45, 7) is 9.18. The van der Waals surface area contributed by atoms with Gasteiger partial charge >= 0.3 is 59.7 Å². The molecule has 0 radical (unpaired) electrons. The van der Waals surface area contributed by atoms with Crippen LogP contribution in [-0.2, 0) is 89.6 Å². The fourth-order valence-electron chi connectivity index (χ4n) is 8.77. The standard InChI is InChI=1S/C60H60N2O20S2/c1-5-48(63)73-25-27-75-50(65)21-23-52(67)77-33-37-7-17-44(35(3)29-37)79-56(69)39-9-13-41(14-10-39)58(71)81-46-19-20-47(55-54(46)83-60(84-55)43(31-61)32-62)82-59(72)42-15-11-40(12-16-42)57(70)80-45-18-8-38(30-36(45)4)34-78-53(68)24-22-51(66)76-28-26-74-49(64)6-2/h5-8,17-20,29-30,39-42H,1-2,9-16,21-28,33-34H2,3-4H3. The van der Waals surface area contributed by atoms with Crippen LogP contribution in [0.2, 0.25) is 0 Å². The molecule has 24 heteroatoms. The number of nitrogens with zero attached hydrogens (tertiary/aromatic N) is 2. The van der Waals surface area contributed by atoms with E-state index in [4.69, 9.17) is 47.4 Å². The second-order valence-electron chi connectivity index (χ2n) is 19.3. The Labute approximate surface area is 492 Å². The first-order chi connectivity index (χ1) is 40.4. The number of carbonyl (C=O) groups excluding carboxylic acids is 10. The predicted molar refractivity (Wildman–Crippen MR) is 294 cm³/mol. The maximum absolute atomic E-state index is 13.7. The third-order valence-electron chi connectivity index (χ3n) is 13.3. The molecule has 0 aromatic heterocycles. The molecule has 0 unspecified atom stereocenters. The van der Waals surface area contributed by atoms with Gasteiger partial charge < -0.3 is 47.4 Å². The summed E-state index contributed by atoms with van der Waals surface area (Å²) < 4.78 is 53.5. The second-order valence-corrected chi connectivity index (χ2v) is 21.6.